The first-order chi connectivity index (χ1) is 6.33. The normalized spacial score (nSPS) is 13.1. The van der Waals surface area contributed by atoms with Gasteiger partial charge in [-0.1, -0.05) is 6.92 Å². The summed E-state index contributed by atoms with van der Waals surface area (Å²) in [7, 11) is 0. The minimum absolute atomic E-state index is 0.641. The Labute approximate surface area is 80.2 Å². The molecule has 0 spiro atoms. The average Bonchev–Trinajstić information content (AvgIpc) is 2.64. The van der Waals surface area contributed by atoms with Crippen LogP contribution in [0.25, 0.3) is 0 Å². The highest BCUT2D eigenvalue weighted by Crippen LogP contribution is 1.91. The molecule has 74 valence electrons. The van der Waals surface area contributed by atoms with E-state index in [0.29, 0.717) is 6.04 Å². The molecular formula is C10H19N3. The predicted octanol–water partition coefficient (Wildman–Crippen LogP) is 1.66. The van der Waals surface area contributed by atoms with Crippen molar-refractivity contribution in [3.05, 3.63) is 18.7 Å². The summed E-state index contributed by atoms with van der Waals surface area (Å²) in [6.07, 6.45) is 8.06. The fraction of sp³-hybridized carbons (Fsp3) is 0.700. The lowest BCUT2D eigenvalue weighted by Crippen LogP contribution is -2.26. The molecule has 1 heterocycles. The molecule has 3 heteroatoms. The van der Waals surface area contributed by atoms with Gasteiger partial charge >= 0.3 is 0 Å². The zero-order valence-electron chi connectivity index (χ0n) is 8.53. The molecule has 1 N–H and O–H groups in total. The number of hydrogen-bond acceptors (Lipinski definition) is 2. The second-order valence-electron chi connectivity index (χ2n) is 3.42. The molecule has 0 bridgehead atoms. The van der Waals surface area contributed by atoms with Gasteiger partial charge in [0.1, 0.15) is 0 Å². The van der Waals surface area contributed by atoms with Crippen molar-refractivity contribution in [1.82, 2.24) is 14.9 Å². The van der Waals surface area contributed by atoms with Crippen molar-refractivity contribution in [2.24, 2.45) is 0 Å². The molecule has 0 amide bonds. The van der Waals surface area contributed by atoms with Crippen molar-refractivity contribution in [1.29, 1.82) is 0 Å². The highest BCUT2D eigenvalue weighted by Gasteiger charge is 1.95. The first-order valence-corrected chi connectivity index (χ1v) is 5.02. The van der Waals surface area contributed by atoms with Crippen LogP contribution in [-0.4, -0.2) is 22.1 Å². The second-order valence-corrected chi connectivity index (χ2v) is 3.42. The highest BCUT2D eigenvalue weighted by atomic mass is 15.0. The van der Waals surface area contributed by atoms with Gasteiger partial charge in [-0.15, -0.1) is 0 Å². The number of aryl methyl sites for hydroxylation is 1. The van der Waals surface area contributed by atoms with Gasteiger partial charge in [-0.25, -0.2) is 4.98 Å². The van der Waals surface area contributed by atoms with Crippen molar-refractivity contribution in [2.45, 2.75) is 39.3 Å². The zero-order valence-corrected chi connectivity index (χ0v) is 8.53. The maximum Gasteiger partial charge on any atom is 0.0945 e. The van der Waals surface area contributed by atoms with Gasteiger partial charge in [0.25, 0.3) is 0 Å². The van der Waals surface area contributed by atoms with Crippen LogP contribution < -0.4 is 5.32 Å². The summed E-state index contributed by atoms with van der Waals surface area (Å²) in [6.45, 7) is 6.57. The largest absolute Gasteiger partial charge is 0.337 e. The van der Waals surface area contributed by atoms with Gasteiger partial charge in [0, 0.05) is 25.0 Å². The van der Waals surface area contributed by atoms with Crippen molar-refractivity contribution in [2.75, 3.05) is 6.54 Å². The summed E-state index contributed by atoms with van der Waals surface area (Å²) in [4.78, 5) is 3.99. The summed E-state index contributed by atoms with van der Waals surface area (Å²) in [5.41, 5.74) is 0. The number of aromatic nitrogens is 2. The molecule has 0 aliphatic heterocycles. The molecule has 0 radical (unpaired) electrons. The van der Waals surface area contributed by atoms with E-state index in [1.165, 1.54) is 12.8 Å². The third-order valence-electron chi connectivity index (χ3n) is 2.26. The number of nitrogens with one attached hydrogen (secondary N) is 1. The molecule has 1 atom stereocenters. The molecular weight excluding hydrogens is 162 g/mol. The van der Waals surface area contributed by atoms with Gasteiger partial charge in [-0.2, -0.15) is 0 Å². The molecule has 3 nitrogen and oxygen atoms in total. The molecule has 1 aromatic heterocycles. The van der Waals surface area contributed by atoms with E-state index in [2.05, 4.69) is 28.7 Å². The Morgan fingerprint density at radius 2 is 2.38 bits per heavy atom. The van der Waals surface area contributed by atoms with E-state index >= 15 is 0 Å². The minimum Gasteiger partial charge on any atom is -0.337 e. The van der Waals surface area contributed by atoms with Crippen molar-refractivity contribution < 1.29 is 0 Å². The van der Waals surface area contributed by atoms with Crippen molar-refractivity contribution >= 4 is 0 Å². The van der Waals surface area contributed by atoms with E-state index in [-0.39, 0.29) is 0 Å². The first kappa shape index (κ1) is 10.3. The van der Waals surface area contributed by atoms with Gasteiger partial charge in [0.05, 0.1) is 6.33 Å². The fourth-order valence-electron chi connectivity index (χ4n) is 1.17. The van der Waals surface area contributed by atoms with Crippen LogP contribution in [0, 0.1) is 0 Å². The smallest absolute Gasteiger partial charge is 0.0945 e. The maximum atomic E-state index is 3.99. The molecule has 13 heavy (non-hydrogen) atoms. The monoisotopic (exact) mass is 181 g/mol. The van der Waals surface area contributed by atoms with E-state index in [4.69, 9.17) is 0 Å². The summed E-state index contributed by atoms with van der Waals surface area (Å²) < 4.78 is 2.11. The van der Waals surface area contributed by atoms with Crippen LogP contribution in [-0.2, 0) is 6.54 Å². The molecule has 0 saturated heterocycles. The Hall–Kier alpha value is -0.830. The zero-order chi connectivity index (χ0) is 9.52. The predicted molar refractivity (Wildman–Crippen MR) is 54.6 cm³/mol. The lowest BCUT2D eigenvalue weighted by Gasteiger charge is -2.10. The van der Waals surface area contributed by atoms with E-state index in [0.717, 1.165) is 13.1 Å². The van der Waals surface area contributed by atoms with Crippen LogP contribution in [0.5, 0.6) is 0 Å². The third kappa shape index (κ3) is 4.08. The van der Waals surface area contributed by atoms with E-state index in [1.807, 2.05) is 18.7 Å². The first-order valence-electron chi connectivity index (χ1n) is 5.02. The quantitative estimate of drug-likeness (QED) is 0.676. The van der Waals surface area contributed by atoms with Crippen molar-refractivity contribution in [3.8, 4) is 0 Å². The SMILES string of the molecule is CC[C@@H](C)NCCCn1ccnc1. The Bertz CT molecular complexity index is 206. The topological polar surface area (TPSA) is 29.9 Å². The number of nitrogens with zero attached hydrogens (tertiary/aromatic N) is 2. The molecule has 0 saturated carbocycles. The van der Waals surface area contributed by atoms with Crippen LogP contribution in [0.15, 0.2) is 18.7 Å². The Morgan fingerprint density at radius 3 is 3.00 bits per heavy atom. The van der Waals surface area contributed by atoms with Crippen LogP contribution in [0.2, 0.25) is 0 Å². The molecule has 1 rings (SSSR count). The summed E-state index contributed by atoms with van der Waals surface area (Å²) in [5.74, 6) is 0. The molecule has 0 aliphatic carbocycles. The van der Waals surface area contributed by atoms with Crippen molar-refractivity contribution in [3.63, 3.8) is 0 Å². The Balaban J connectivity index is 2.02. The van der Waals surface area contributed by atoms with Gasteiger partial charge in [0.2, 0.25) is 0 Å². The maximum absolute atomic E-state index is 3.99. The minimum atomic E-state index is 0.641. The second kappa shape index (κ2) is 5.75. The summed E-state index contributed by atoms with van der Waals surface area (Å²) >= 11 is 0. The van der Waals surface area contributed by atoms with Crippen LogP contribution >= 0.6 is 0 Å². The molecule has 1 aromatic rings. The summed E-state index contributed by atoms with van der Waals surface area (Å²) in [6, 6.07) is 0.641. The molecule has 0 fully saturated rings. The van der Waals surface area contributed by atoms with Gasteiger partial charge < -0.3 is 9.88 Å². The van der Waals surface area contributed by atoms with Crippen LogP contribution in [0.4, 0.5) is 0 Å². The highest BCUT2D eigenvalue weighted by molar-refractivity contribution is 4.73. The lowest BCUT2D eigenvalue weighted by molar-refractivity contribution is 0.502. The Morgan fingerprint density at radius 1 is 1.54 bits per heavy atom. The van der Waals surface area contributed by atoms with E-state index < -0.39 is 0 Å². The van der Waals surface area contributed by atoms with E-state index in [9.17, 15) is 0 Å². The van der Waals surface area contributed by atoms with Crippen LogP contribution in [0.3, 0.4) is 0 Å². The van der Waals surface area contributed by atoms with Gasteiger partial charge in [-0.3, -0.25) is 0 Å². The van der Waals surface area contributed by atoms with Gasteiger partial charge in [0.15, 0.2) is 0 Å². The van der Waals surface area contributed by atoms with Crippen LogP contribution in [0.1, 0.15) is 26.7 Å². The third-order valence-corrected chi connectivity index (χ3v) is 2.26. The number of rotatable bonds is 6. The number of hydrogen-bond donors (Lipinski definition) is 1. The average molecular weight is 181 g/mol. The standard InChI is InChI=1S/C10H19N3/c1-3-10(2)12-5-4-7-13-8-6-11-9-13/h6,8-10,12H,3-5,7H2,1-2H3/t10-/m1/s1. The molecule has 0 unspecified atom stereocenters. The summed E-state index contributed by atoms with van der Waals surface area (Å²) in [5, 5.41) is 3.46. The van der Waals surface area contributed by atoms with Gasteiger partial charge in [-0.05, 0) is 26.3 Å². The fourth-order valence-corrected chi connectivity index (χ4v) is 1.17. The lowest BCUT2D eigenvalue weighted by atomic mass is 10.2. The molecule has 0 aromatic carbocycles. The molecule has 0 aliphatic rings. The number of imidazole rings is 1. The Kier molecular flexibility index (Phi) is 4.54. The van der Waals surface area contributed by atoms with E-state index in [1.54, 1.807) is 0 Å².